The summed E-state index contributed by atoms with van der Waals surface area (Å²) < 4.78 is 9.90. The van der Waals surface area contributed by atoms with E-state index in [4.69, 9.17) is 15.2 Å². The first kappa shape index (κ1) is 16.3. The van der Waals surface area contributed by atoms with E-state index in [1.165, 1.54) is 0 Å². The van der Waals surface area contributed by atoms with E-state index in [0.29, 0.717) is 18.7 Å². The van der Waals surface area contributed by atoms with Gasteiger partial charge in [0.05, 0.1) is 18.1 Å². The average molecular weight is 306 g/mol. The van der Waals surface area contributed by atoms with Gasteiger partial charge in [-0.3, -0.25) is 4.79 Å². The van der Waals surface area contributed by atoms with Gasteiger partial charge in [0.1, 0.15) is 6.61 Å². The number of methoxy groups -OCH3 is 1. The molecule has 1 aromatic carbocycles. The van der Waals surface area contributed by atoms with Crippen molar-refractivity contribution in [3.8, 4) is 0 Å². The standard InChI is InChI=1S/C16H22N2O4/c1-21-9-10-22-16(20)12-4-6-14(7-5-12)18-8-2-3-13(11-18)15(17)19/h4-7,13H,2-3,8-11H2,1H3,(H2,17,19). The molecule has 0 aromatic heterocycles. The minimum Gasteiger partial charge on any atom is -0.460 e. The van der Waals surface area contributed by atoms with Crippen LogP contribution in [0.3, 0.4) is 0 Å². The molecule has 1 aliphatic rings. The molecule has 0 bridgehead atoms. The summed E-state index contributed by atoms with van der Waals surface area (Å²) in [4.78, 5) is 25.2. The van der Waals surface area contributed by atoms with Gasteiger partial charge in [0.2, 0.25) is 5.91 Å². The van der Waals surface area contributed by atoms with Gasteiger partial charge in [0.15, 0.2) is 0 Å². The number of hydrogen-bond acceptors (Lipinski definition) is 5. The molecule has 6 nitrogen and oxygen atoms in total. The maximum absolute atomic E-state index is 11.8. The lowest BCUT2D eigenvalue weighted by atomic mass is 9.97. The van der Waals surface area contributed by atoms with Crippen molar-refractivity contribution in [1.82, 2.24) is 0 Å². The highest BCUT2D eigenvalue weighted by Crippen LogP contribution is 2.23. The summed E-state index contributed by atoms with van der Waals surface area (Å²) in [7, 11) is 1.56. The SMILES string of the molecule is COCCOC(=O)c1ccc(N2CCCC(C(N)=O)C2)cc1. The van der Waals surface area contributed by atoms with E-state index < -0.39 is 0 Å². The molecule has 1 aromatic rings. The fraction of sp³-hybridized carbons (Fsp3) is 0.500. The number of esters is 1. The topological polar surface area (TPSA) is 81.9 Å². The molecule has 1 aliphatic heterocycles. The largest absolute Gasteiger partial charge is 0.460 e. The fourth-order valence-electron chi connectivity index (χ4n) is 2.55. The molecule has 2 N–H and O–H groups in total. The van der Waals surface area contributed by atoms with Crippen LogP contribution in [-0.4, -0.2) is 45.3 Å². The molecule has 120 valence electrons. The molecule has 1 atom stereocenters. The summed E-state index contributed by atoms with van der Waals surface area (Å²) in [5.74, 6) is -0.715. The summed E-state index contributed by atoms with van der Waals surface area (Å²) >= 11 is 0. The van der Waals surface area contributed by atoms with E-state index in [-0.39, 0.29) is 24.4 Å². The Labute approximate surface area is 130 Å². The van der Waals surface area contributed by atoms with Crippen molar-refractivity contribution in [1.29, 1.82) is 0 Å². The Hall–Kier alpha value is -2.08. The molecule has 0 aliphatic carbocycles. The summed E-state index contributed by atoms with van der Waals surface area (Å²) in [5.41, 5.74) is 6.88. The lowest BCUT2D eigenvalue weighted by Gasteiger charge is -2.33. The third-order valence-electron chi connectivity index (χ3n) is 3.81. The minimum atomic E-state index is -0.364. The van der Waals surface area contributed by atoms with Crippen molar-refractivity contribution < 1.29 is 19.1 Å². The second-order valence-electron chi connectivity index (χ2n) is 5.36. The van der Waals surface area contributed by atoms with Crippen molar-refractivity contribution in [2.75, 3.05) is 38.3 Å². The first-order chi connectivity index (χ1) is 10.6. The van der Waals surface area contributed by atoms with Crippen molar-refractivity contribution in [2.45, 2.75) is 12.8 Å². The summed E-state index contributed by atoms with van der Waals surface area (Å²) in [5, 5.41) is 0. The highest BCUT2D eigenvalue weighted by molar-refractivity contribution is 5.89. The van der Waals surface area contributed by atoms with Crippen LogP contribution in [0.1, 0.15) is 23.2 Å². The number of hydrogen-bond donors (Lipinski definition) is 1. The maximum atomic E-state index is 11.8. The Balaban J connectivity index is 1.96. The predicted molar refractivity (Wildman–Crippen MR) is 82.7 cm³/mol. The van der Waals surface area contributed by atoms with Gasteiger partial charge in [-0.25, -0.2) is 4.79 Å². The van der Waals surface area contributed by atoms with Crippen LogP contribution in [0.15, 0.2) is 24.3 Å². The van der Waals surface area contributed by atoms with Crippen molar-refractivity contribution in [3.05, 3.63) is 29.8 Å². The number of carbonyl (C=O) groups is 2. The Morgan fingerprint density at radius 2 is 2.00 bits per heavy atom. The van der Waals surface area contributed by atoms with Gasteiger partial charge < -0.3 is 20.1 Å². The van der Waals surface area contributed by atoms with Gasteiger partial charge in [0, 0.05) is 25.9 Å². The van der Waals surface area contributed by atoms with Gasteiger partial charge in [0.25, 0.3) is 0 Å². The van der Waals surface area contributed by atoms with Crippen LogP contribution in [0.2, 0.25) is 0 Å². The smallest absolute Gasteiger partial charge is 0.338 e. The van der Waals surface area contributed by atoms with Crippen LogP contribution in [0.25, 0.3) is 0 Å². The van der Waals surface area contributed by atoms with E-state index in [2.05, 4.69) is 4.90 Å². The number of primary amides is 1. The molecule has 22 heavy (non-hydrogen) atoms. The number of carbonyl (C=O) groups excluding carboxylic acids is 2. The first-order valence-corrected chi connectivity index (χ1v) is 7.42. The van der Waals surface area contributed by atoms with E-state index in [0.717, 1.165) is 25.1 Å². The molecule has 1 unspecified atom stereocenters. The molecule has 1 amide bonds. The van der Waals surface area contributed by atoms with E-state index in [1.807, 2.05) is 12.1 Å². The first-order valence-electron chi connectivity index (χ1n) is 7.42. The minimum absolute atomic E-state index is 0.104. The van der Waals surface area contributed by atoms with Crippen molar-refractivity contribution in [2.24, 2.45) is 11.7 Å². The van der Waals surface area contributed by atoms with Gasteiger partial charge in [-0.1, -0.05) is 0 Å². The zero-order chi connectivity index (χ0) is 15.9. The number of rotatable bonds is 6. The summed E-state index contributed by atoms with van der Waals surface area (Å²) in [6.45, 7) is 2.14. The number of nitrogens with two attached hydrogens (primary N) is 1. The van der Waals surface area contributed by atoms with Crippen LogP contribution >= 0.6 is 0 Å². The highest BCUT2D eigenvalue weighted by Gasteiger charge is 2.24. The number of amides is 1. The third kappa shape index (κ3) is 4.21. The summed E-state index contributed by atoms with van der Waals surface area (Å²) in [6.07, 6.45) is 1.78. The van der Waals surface area contributed by atoms with Crippen LogP contribution in [-0.2, 0) is 14.3 Å². The number of piperidine rings is 1. The predicted octanol–water partition coefficient (Wildman–Crippen LogP) is 1.19. The lowest BCUT2D eigenvalue weighted by molar-refractivity contribution is -0.122. The molecule has 1 saturated heterocycles. The highest BCUT2D eigenvalue weighted by atomic mass is 16.6. The zero-order valence-corrected chi connectivity index (χ0v) is 12.8. The monoisotopic (exact) mass is 306 g/mol. The molecule has 1 heterocycles. The van der Waals surface area contributed by atoms with Crippen LogP contribution < -0.4 is 10.6 Å². The fourth-order valence-corrected chi connectivity index (χ4v) is 2.55. The van der Waals surface area contributed by atoms with E-state index in [1.54, 1.807) is 19.2 Å². The second-order valence-corrected chi connectivity index (χ2v) is 5.36. The molecule has 0 saturated carbocycles. The second kappa shape index (κ2) is 7.79. The molecule has 6 heteroatoms. The normalized spacial score (nSPS) is 18.0. The molecular formula is C16H22N2O4. The Morgan fingerprint density at radius 3 is 2.64 bits per heavy atom. The quantitative estimate of drug-likeness (QED) is 0.630. The van der Waals surface area contributed by atoms with Crippen LogP contribution in [0.4, 0.5) is 5.69 Å². The van der Waals surface area contributed by atoms with E-state index >= 15 is 0 Å². The van der Waals surface area contributed by atoms with Gasteiger partial charge >= 0.3 is 5.97 Å². The molecular weight excluding hydrogens is 284 g/mol. The zero-order valence-electron chi connectivity index (χ0n) is 12.8. The maximum Gasteiger partial charge on any atom is 0.338 e. The van der Waals surface area contributed by atoms with Gasteiger partial charge in [-0.05, 0) is 37.1 Å². The molecule has 0 spiro atoms. The lowest BCUT2D eigenvalue weighted by Crippen LogP contribution is -2.41. The molecule has 2 rings (SSSR count). The van der Waals surface area contributed by atoms with E-state index in [9.17, 15) is 9.59 Å². The van der Waals surface area contributed by atoms with Crippen molar-refractivity contribution in [3.63, 3.8) is 0 Å². The Morgan fingerprint density at radius 1 is 1.27 bits per heavy atom. The summed E-state index contributed by atoms with van der Waals surface area (Å²) in [6, 6.07) is 7.21. The number of ether oxygens (including phenoxy) is 2. The third-order valence-corrected chi connectivity index (χ3v) is 3.81. The average Bonchev–Trinajstić information content (AvgIpc) is 2.55. The van der Waals surface area contributed by atoms with Crippen LogP contribution in [0.5, 0.6) is 0 Å². The molecule has 1 fully saturated rings. The number of benzene rings is 1. The number of nitrogens with zero attached hydrogens (tertiary/aromatic N) is 1. The van der Waals surface area contributed by atoms with Crippen molar-refractivity contribution >= 4 is 17.6 Å². The Kier molecular flexibility index (Phi) is 5.77. The Bertz CT molecular complexity index is 515. The number of anilines is 1. The van der Waals surface area contributed by atoms with Crippen LogP contribution in [0, 0.1) is 5.92 Å². The van der Waals surface area contributed by atoms with Gasteiger partial charge in [-0.2, -0.15) is 0 Å². The molecule has 0 radical (unpaired) electrons. The van der Waals surface area contributed by atoms with Gasteiger partial charge in [-0.15, -0.1) is 0 Å².